The second kappa shape index (κ2) is 7.72. The lowest BCUT2D eigenvalue weighted by atomic mass is 9.89. The number of hydrogen-bond donors (Lipinski definition) is 2. The van der Waals surface area contributed by atoms with E-state index in [0.717, 1.165) is 24.9 Å². The Hall–Kier alpha value is -2.52. The summed E-state index contributed by atoms with van der Waals surface area (Å²) in [7, 11) is 0. The predicted molar refractivity (Wildman–Crippen MR) is 108 cm³/mol. The molecule has 2 fully saturated rings. The molecule has 0 aromatic carbocycles. The van der Waals surface area contributed by atoms with Crippen molar-refractivity contribution >= 4 is 17.0 Å². The Labute approximate surface area is 168 Å². The molecule has 2 unspecified atom stereocenters. The van der Waals surface area contributed by atoms with Gasteiger partial charge in [-0.2, -0.15) is 5.10 Å². The van der Waals surface area contributed by atoms with Crippen LogP contribution in [0.4, 0.5) is 5.82 Å². The van der Waals surface area contributed by atoms with Crippen LogP contribution in [0, 0.1) is 5.92 Å². The second-order valence-corrected chi connectivity index (χ2v) is 8.18. The molecule has 1 aliphatic carbocycles. The zero-order valence-electron chi connectivity index (χ0n) is 16.4. The molecule has 9 nitrogen and oxygen atoms in total. The van der Waals surface area contributed by atoms with Crippen molar-refractivity contribution in [3.8, 4) is 11.4 Å². The molecule has 3 N–H and O–H groups in total. The van der Waals surface area contributed by atoms with E-state index in [1.807, 2.05) is 15.4 Å². The van der Waals surface area contributed by atoms with Crippen molar-refractivity contribution in [2.24, 2.45) is 5.92 Å². The molecular formula is C20H27N7O2. The van der Waals surface area contributed by atoms with Gasteiger partial charge in [0.05, 0.1) is 30.8 Å². The number of aromatic nitrogens is 6. The van der Waals surface area contributed by atoms with Gasteiger partial charge in [-0.05, 0) is 31.6 Å². The number of hydrogen-bond acceptors (Lipinski definition) is 7. The zero-order chi connectivity index (χ0) is 19.8. The predicted octanol–water partition coefficient (Wildman–Crippen LogP) is 2.52. The van der Waals surface area contributed by atoms with Crippen LogP contribution in [0.3, 0.4) is 0 Å². The molecule has 1 aliphatic heterocycles. The van der Waals surface area contributed by atoms with Crippen LogP contribution >= 0.6 is 0 Å². The molecule has 3 aromatic rings. The van der Waals surface area contributed by atoms with Gasteiger partial charge in [-0.3, -0.25) is 9.25 Å². The molecule has 1 saturated carbocycles. The Morgan fingerprint density at radius 1 is 1.14 bits per heavy atom. The molecule has 5 rings (SSSR count). The van der Waals surface area contributed by atoms with Crippen molar-refractivity contribution in [1.29, 1.82) is 0 Å². The van der Waals surface area contributed by atoms with Gasteiger partial charge in [0.25, 0.3) is 0 Å². The molecule has 2 atom stereocenters. The quantitative estimate of drug-likeness (QED) is 0.679. The minimum atomic E-state index is -0.201. The van der Waals surface area contributed by atoms with Crippen LogP contribution in [-0.4, -0.2) is 47.1 Å². The van der Waals surface area contributed by atoms with Gasteiger partial charge in [-0.25, -0.2) is 15.0 Å². The maximum Gasteiger partial charge on any atom is 0.168 e. The van der Waals surface area contributed by atoms with E-state index in [1.54, 1.807) is 12.5 Å². The van der Waals surface area contributed by atoms with E-state index in [9.17, 15) is 5.11 Å². The Balaban J connectivity index is 1.42. The van der Waals surface area contributed by atoms with Crippen LogP contribution in [0.2, 0.25) is 0 Å². The van der Waals surface area contributed by atoms with Crippen molar-refractivity contribution < 1.29 is 9.84 Å². The van der Waals surface area contributed by atoms with Crippen molar-refractivity contribution in [3.63, 3.8) is 0 Å². The van der Waals surface area contributed by atoms with E-state index >= 15 is 0 Å². The van der Waals surface area contributed by atoms with Gasteiger partial charge in [-0.15, -0.1) is 0 Å². The van der Waals surface area contributed by atoms with E-state index in [0.29, 0.717) is 28.7 Å². The Kier molecular flexibility index (Phi) is 4.92. The van der Waals surface area contributed by atoms with Crippen LogP contribution < -0.4 is 5.73 Å². The van der Waals surface area contributed by atoms with Gasteiger partial charge >= 0.3 is 0 Å². The molecule has 0 spiro atoms. The van der Waals surface area contributed by atoms with Crippen molar-refractivity contribution in [2.45, 2.75) is 63.8 Å². The number of aliphatic hydroxyl groups excluding tert-OH is 1. The number of fused-ring (bicyclic) bond motifs is 1. The lowest BCUT2D eigenvalue weighted by Gasteiger charge is -2.21. The summed E-state index contributed by atoms with van der Waals surface area (Å²) in [6.45, 7) is 0.958. The standard InChI is InChI=1S/C20H27N7O2/c21-18-17-20(27(12-22-17)16-7-6-15(11-28)29-16)25-19(24-18)14-8-23-26(10-14)9-13-4-2-1-3-5-13/h8,10,12-13,15-16,28H,1-7,9,11H2,(H2,21,24,25). The fourth-order valence-electron chi connectivity index (χ4n) is 4.52. The number of nitrogens with two attached hydrogens (primary N) is 1. The van der Waals surface area contributed by atoms with Crippen LogP contribution in [0.15, 0.2) is 18.7 Å². The minimum Gasteiger partial charge on any atom is -0.394 e. The van der Waals surface area contributed by atoms with E-state index in [1.165, 1.54) is 32.1 Å². The second-order valence-electron chi connectivity index (χ2n) is 8.18. The van der Waals surface area contributed by atoms with Gasteiger partial charge in [0.1, 0.15) is 11.7 Å². The molecule has 9 heteroatoms. The average molecular weight is 397 g/mol. The maximum absolute atomic E-state index is 9.35. The summed E-state index contributed by atoms with van der Waals surface area (Å²) in [6, 6.07) is 0. The number of aliphatic hydroxyl groups is 1. The van der Waals surface area contributed by atoms with E-state index in [-0.39, 0.29) is 18.9 Å². The first-order valence-corrected chi connectivity index (χ1v) is 10.5. The topological polar surface area (TPSA) is 117 Å². The van der Waals surface area contributed by atoms with Crippen molar-refractivity contribution in [2.75, 3.05) is 12.3 Å². The highest BCUT2D eigenvalue weighted by atomic mass is 16.5. The van der Waals surface area contributed by atoms with Crippen molar-refractivity contribution in [3.05, 3.63) is 18.7 Å². The number of nitrogen functional groups attached to an aromatic ring is 1. The molecule has 0 radical (unpaired) electrons. The third kappa shape index (κ3) is 3.60. The molecule has 29 heavy (non-hydrogen) atoms. The third-order valence-corrected chi connectivity index (χ3v) is 6.11. The monoisotopic (exact) mass is 397 g/mol. The lowest BCUT2D eigenvalue weighted by molar-refractivity contribution is -0.0207. The van der Waals surface area contributed by atoms with Gasteiger partial charge < -0.3 is 15.6 Å². The van der Waals surface area contributed by atoms with Crippen molar-refractivity contribution in [1.82, 2.24) is 29.3 Å². The molecule has 2 aliphatic rings. The smallest absolute Gasteiger partial charge is 0.168 e. The zero-order valence-corrected chi connectivity index (χ0v) is 16.4. The Morgan fingerprint density at radius 2 is 2.00 bits per heavy atom. The average Bonchev–Trinajstić information content (AvgIpc) is 3.47. The summed E-state index contributed by atoms with van der Waals surface area (Å²) < 4.78 is 9.78. The van der Waals surface area contributed by atoms with Gasteiger partial charge in [0.15, 0.2) is 17.3 Å². The normalized spacial score (nSPS) is 23.2. The lowest BCUT2D eigenvalue weighted by Crippen LogP contribution is -2.14. The molecule has 1 saturated heterocycles. The third-order valence-electron chi connectivity index (χ3n) is 6.11. The maximum atomic E-state index is 9.35. The molecule has 3 aromatic heterocycles. The molecular weight excluding hydrogens is 370 g/mol. The summed E-state index contributed by atoms with van der Waals surface area (Å²) in [5.41, 5.74) is 8.25. The SMILES string of the molecule is Nc1nc(-c2cnn(CC3CCCCC3)c2)nc2c1ncn2C1CCC(CO)O1. The molecule has 154 valence electrons. The highest BCUT2D eigenvalue weighted by Gasteiger charge is 2.28. The largest absolute Gasteiger partial charge is 0.394 e. The number of rotatable bonds is 5. The fraction of sp³-hybridized carbons (Fsp3) is 0.600. The molecule has 4 heterocycles. The summed E-state index contributed by atoms with van der Waals surface area (Å²) >= 11 is 0. The summed E-state index contributed by atoms with van der Waals surface area (Å²) in [5.74, 6) is 1.59. The first-order chi connectivity index (χ1) is 14.2. The van der Waals surface area contributed by atoms with Crippen LogP contribution in [-0.2, 0) is 11.3 Å². The Morgan fingerprint density at radius 3 is 2.79 bits per heavy atom. The number of ether oxygens (including phenoxy) is 1. The van der Waals surface area contributed by atoms with E-state index in [4.69, 9.17) is 15.5 Å². The summed E-state index contributed by atoms with van der Waals surface area (Å²) in [4.78, 5) is 13.6. The van der Waals surface area contributed by atoms with Gasteiger partial charge in [0.2, 0.25) is 0 Å². The van der Waals surface area contributed by atoms with Crippen LogP contribution in [0.5, 0.6) is 0 Å². The fourth-order valence-corrected chi connectivity index (χ4v) is 4.52. The van der Waals surface area contributed by atoms with Crippen LogP contribution in [0.1, 0.15) is 51.2 Å². The number of imidazole rings is 1. The highest BCUT2D eigenvalue weighted by molar-refractivity contribution is 5.83. The van der Waals surface area contributed by atoms with E-state index < -0.39 is 0 Å². The first-order valence-electron chi connectivity index (χ1n) is 10.5. The van der Waals surface area contributed by atoms with Gasteiger partial charge in [-0.1, -0.05) is 19.3 Å². The minimum absolute atomic E-state index is 0.0195. The summed E-state index contributed by atoms with van der Waals surface area (Å²) in [6.07, 6.45) is 13.3. The van der Waals surface area contributed by atoms with Gasteiger partial charge in [0, 0.05) is 12.7 Å². The Bertz CT molecular complexity index is 992. The number of anilines is 1. The van der Waals surface area contributed by atoms with Crippen LogP contribution in [0.25, 0.3) is 22.6 Å². The number of nitrogens with zero attached hydrogens (tertiary/aromatic N) is 6. The first kappa shape index (κ1) is 18.5. The van der Waals surface area contributed by atoms with E-state index in [2.05, 4.69) is 15.1 Å². The molecule has 0 bridgehead atoms. The highest BCUT2D eigenvalue weighted by Crippen LogP contribution is 2.32. The summed E-state index contributed by atoms with van der Waals surface area (Å²) in [5, 5.41) is 13.9. The molecule has 0 amide bonds.